The Morgan fingerprint density at radius 1 is 1.15 bits per heavy atom. The topological polar surface area (TPSA) is 85.0 Å². The molecule has 0 saturated carbocycles. The highest BCUT2D eigenvalue weighted by Gasteiger charge is 2.61. The third-order valence-electron chi connectivity index (χ3n) is 6.72. The largest absolute Gasteiger partial charge is 0.497 e. The van der Waals surface area contributed by atoms with E-state index in [1.54, 1.807) is 0 Å². The van der Waals surface area contributed by atoms with Gasteiger partial charge in [0.15, 0.2) is 5.76 Å². The highest BCUT2D eigenvalue weighted by atomic mass is 19.4. The van der Waals surface area contributed by atoms with Gasteiger partial charge < -0.3 is 23.8 Å². The van der Waals surface area contributed by atoms with Crippen LogP contribution >= 0.6 is 0 Å². The monoisotopic (exact) mass is 470 g/mol. The van der Waals surface area contributed by atoms with Crippen molar-refractivity contribution in [2.24, 2.45) is 0 Å². The first-order valence-electron chi connectivity index (χ1n) is 10.3. The Bertz CT molecular complexity index is 1090. The second-order valence-electron chi connectivity index (χ2n) is 9.44. The highest BCUT2D eigenvalue weighted by molar-refractivity contribution is 6.62. The SMILES string of the molecule is CN1C(=O)[C@](O)(c2cc(-c3ccc(F)c(B4OC(C)(C)C(C)(C)O4)c3)no2)C[C@H]1C(F)(F)F. The van der Waals surface area contributed by atoms with E-state index in [0.29, 0.717) is 10.5 Å². The number of carbonyl (C=O) groups is 1. The van der Waals surface area contributed by atoms with Gasteiger partial charge in [0, 0.05) is 30.6 Å². The number of aromatic nitrogens is 1. The fourth-order valence-corrected chi connectivity index (χ4v) is 3.94. The molecule has 2 atom stereocenters. The van der Waals surface area contributed by atoms with Crippen LogP contribution in [0.1, 0.15) is 39.9 Å². The van der Waals surface area contributed by atoms with Crippen molar-refractivity contribution in [2.45, 2.75) is 63.1 Å². The van der Waals surface area contributed by atoms with Crippen molar-refractivity contribution < 1.29 is 41.3 Å². The molecule has 7 nitrogen and oxygen atoms in total. The third-order valence-corrected chi connectivity index (χ3v) is 6.72. The number of alkyl halides is 3. The Hall–Kier alpha value is -2.44. The van der Waals surface area contributed by atoms with Gasteiger partial charge in [-0.25, -0.2) is 4.39 Å². The van der Waals surface area contributed by atoms with E-state index in [9.17, 15) is 27.5 Å². The molecule has 0 unspecified atom stereocenters. The van der Waals surface area contributed by atoms with Gasteiger partial charge >= 0.3 is 13.3 Å². The lowest BCUT2D eigenvalue weighted by Crippen LogP contribution is -2.41. The summed E-state index contributed by atoms with van der Waals surface area (Å²) < 4.78 is 71.2. The molecular weight excluding hydrogens is 447 g/mol. The zero-order valence-electron chi connectivity index (χ0n) is 18.7. The van der Waals surface area contributed by atoms with Gasteiger partial charge in [0.25, 0.3) is 5.91 Å². The predicted octanol–water partition coefficient (Wildman–Crippen LogP) is 2.76. The number of rotatable bonds is 3. The molecule has 178 valence electrons. The molecule has 2 saturated heterocycles. The minimum atomic E-state index is -4.72. The molecule has 1 N–H and O–H groups in total. The fourth-order valence-electron chi connectivity index (χ4n) is 3.94. The molecular formula is C21H23BF4N2O5. The van der Waals surface area contributed by atoms with E-state index in [2.05, 4.69) is 5.16 Å². The molecule has 2 aliphatic rings. The van der Waals surface area contributed by atoms with Crippen molar-refractivity contribution in [1.29, 1.82) is 0 Å². The summed E-state index contributed by atoms with van der Waals surface area (Å²) >= 11 is 0. The quantitative estimate of drug-likeness (QED) is 0.549. The number of likely N-dealkylation sites (N-methyl/N-ethyl adjacent to an activating group) is 1. The third kappa shape index (κ3) is 3.73. The Morgan fingerprint density at radius 2 is 1.76 bits per heavy atom. The number of hydrogen-bond donors (Lipinski definition) is 1. The van der Waals surface area contributed by atoms with Crippen molar-refractivity contribution >= 4 is 18.5 Å². The number of hydrogen-bond acceptors (Lipinski definition) is 6. The molecule has 3 heterocycles. The maximum atomic E-state index is 14.6. The first-order chi connectivity index (χ1) is 15.1. The molecule has 0 spiro atoms. The first kappa shape index (κ1) is 23.7. The normalized spacial score (nSPS) is 27.0. The van der Waals surface area contributed by atoms with Crippen LogP contribution in [-0.2, 0) is 19.7 Å². The summed E-state index contributed by atoms with van der Waals surface area (Å²) in [4.78, 5) is 12.9. The summed E-state index contributed by atoms with van der Waals surface area (Å²) in [5.74, 6) is -2.16. The van der Waals surface area contributed by atoms with Crippen LogP contribution in [-0.4, -0.2) is 58.7 Å². The van der Waals surface area contributed by atoms with Crippen molar-refractivity contribution in [1.82, 2.24) is 10.1 Å². The van der Waals surface area contributed by atoms with Crippen LogP contribution in [0.5, 0.6) is 0 Å². The Kier molecular flexibility index (Phi) is 5.23. The summed E-state index contributed by atoms with van der Waals surface area (Å²) in [5.41, 5.74) is -3.38. The molecule has 1 aromatic carbocycles. The number of carbonyl (C=O) groups excluding carboxylic acids is 1. The van der Waals surface area contributed by atoms with Gasteiger partial charge in [0.05, 0.1) is 11.2 Å². The maximum absolute atomic E-state index is 14.6. The zero-order valence-corrected chi connectivity index (χ0v) is 18.7. The molecule has 1 aromatic heterocycles. The van der Waals surface area contributed by atoms with Gasteiger partial charge in [0.1, 0.15) is 17.6 Å². The number of amides is 1. The van der Waals surface area contributed by atoms with E-state index in [0.717, 1.165) is 7.05 Å². The fraction of sp³-hybridized carbons (Fsp3) is 0.524. The smallest absolute Gasteiger partial charge is 0.399 e. The van der Waals surface area contributed by atoms with E-state index >= 15 is 0 Å². The molecule has 12 heteroatoms. The van der Waals surface area contributed by atoms with Crippen LogP contribution in [0.15, 0.2) is 28.8 Å². The van der Waals surface area contributed by atoms with E-state index in [1.165, 1.54) is 24.3 Å². The number of benzene rings is 1. The van der Waals surface area contributed by atoms with E-state index < -0.39 is 60.0 Å². The number of aliphatic hydroxyl groups is 1. The average molecular weight is 470 g/mol. The maximum Gasteiger partial charge on any atom is 0.497 e. The second-order valence-corrected chi connectivity index (χ2v) is 9.44. The first-order valence-corrected chi connectivity index (χ1v) is 10.3. The van der Waals surface area contributed by atoms with Gasteiger partial charge in [0.2, 0.25) is 5.60 Å². The highest BCUT2D eigenvalue weighted by Crippen LogP contribution is 2.43. The van der Waals surface area contributed by atoms with Crippen LogP contribution in [0.4, 0.5) is 17.6 Å². The molecule has 2 aliphatic heterocycles. The van der Waals surface area contributed by atoms with Crippen LogP contribution < -0.4 is 5.46 Å². The Morgan fingerprint density at radius 3 is 2.30 bits per heavy atom. The Balaban J connectivity index is 1.65. The molecule has 1 amide bonds. The van der Waals surface area contributed by atoms with Gasteiger partial charge in [-0.2, -0.15) is 13.2 Å². The number of likely N-dealkylation sites (tertiary alicyclic amines) is 1. The summed E-state index contributed by atoms with van der Waals surface area (Å²) in [7, 11) is -0.0323. The second kappa shape index (κ2) is 7.28. The molecule has 2 aromatic rings. The summed E-state index contributed by atoms with van der Waals surface area (Å²) in [6, 6.07) is 2.99. The van der Waals surface area contributed by atoms with Crippen LogP contribution in [0.25, 0.3) is 11.3 Å². The van der Waals surface area contributed by atoms with E-state index in [4.69, 9.17) is 13.8 Å². The average Bonchev–Trinajstić information content (AvgIpc) is 3.33. The van der Waals surface area contributed by atoms with E-state index in [1.807, 2.05) is 27.7 Å². The lowest BCUT2D eigenvalue weighted by molar-refractivity contribution is -0.177. The van der Waals surface area contributed by atoms with Crippen LogP contribution in [0.3, 0.4) is 0 Å². The van der Waals surface area contributed by atoms with Crippen molar-refractivity contribution in [3.05, 3.63) is 35.8 Å². The molecule has 0 aliphatic carbocycles. The van der Waals surface area contributed by atoms with E-state index in [-0.39, 0.29) is 11.2 Å². The van der Waals surface area contributed by atoms with Crippen LogP contribution in [0.2, 0.25) is 0 Å². The van der Waals surface area contributed by atoms with Gasteiger partial charge in [-0.1, -0.05) is 5.16 Å². The lowest BCUT2D eigenvalue weighted by atomic mass is 9.77. The summed E-state index contributed by atoms with van der Waals surface area (Å²) in [6.07, 6.45) is -5.64. The minimum Gasteiger partial charge on any atom is -0.399 e. The number of halogens is 4. The standard InChI is InChI=1S/C21H23BF4N2O5/c1-18(2)19(3,4)33-22(32-18)12-8-11(6-7-13(12)23)14-9-16(31-27-14)20(30)10-15(21(24,25)26)28(5)17(20)29/h6-9,15,30H,10H2,1-5H3/t15-,20+/m0/s1. The van der Waals surface area contributed by atoms with Gasteiger partial charge in [-0.15, -0.1) is 0 Å². The lowest BCUT2D eigenvalue weighted by Gasteiger charge is -2.32. The number of nitrogens with zero attached hydrogens (tertiary/aromatic N) is 2. The summed E-state index contributed by atoms with van der Waals surface area (Å²) in [5, 5.41) is 14.5. The van der Waals surface area contributed by atoms with Crippen molar-refractivity contribution in [2.75, 3.05) is 7.05 Å². The van der Waals surface area contributed by atoms with Gasteiger partial charge in [-0.05, 0) is 45.9 Å². The molecule has 0 radical (unpaired) electrons. The molecule has 33 heavy (non-hydrogen) atoms. The van der Waals surface area contributed by atoms with Crippen molar-refractivity contribution in [3.63, 3.8) is 0 Å². The van der Waals surface area contributed by atoms with Gasteiger partial charge in [-0.3, -0.25) is 4.79 Å². The summed E-state index contributed by atoms with van der Waals surface area (Å²) in [6.45, 7) is 7.29. The Labute approximate surface area is 187 Å². The zero-order chi connectivity index (χ0) is 24.6. The molecule has 2 fully saturated rings. The molecule has 4 rings (SSSR count). The minimum absolute atomic E-state index is 0.0992. The predicted molar refractivity (Wildman–Crippen MR) is 109 cm³/mol. The van der Waals surface area contributed by atoms with Crippen molar-refractivity contribution in [3.8, 4) is 11.3 Å². The molecule has 0 bridgehead atoms. The van der Waals surface area contributed by atoms with Crippen LogP contribution in [0, 0.1) is 5.82 Å².